The lowest BCUT2D eigenvalue weighted by Crippen LogP contribution is -2.15. The molecule has 0 spiro atoms. The summed E-state index contributed by atoms with van der Waals surface area (Å²) >= 11 is 0. The van der Waals surface area contributed by atoms with Gasteiger partial charge >= 0.3 is 0 Å². The van der Waals surface area contributed by atoms with Crippen molar-refractivity contribution in [2.45, 2.75) is 6.42 Å². The van der Waals surface area contributed by atoms with Gasteiger partial charge in [0.05, 0.1) is 47.8 Å². The minimum atomic E-state index is -0.179. The number of nitrogens with zero attached hydrogens (tertiary/aromatic N) is 2. The Hall–Kier alpha value is -4.35. The Balaban J connectivity index is 1.79. The molecule has 0 aromatic heterocycles. The summed E-state index contributed by atoms with van der Waals surface area (Å²) in [6, 6.07) is 22.4. The van der Waals surface area contributed by atoms with Gasteiger partial charge in [-0.2, -0.15) is 5.26 Å². The number of hydrogen-bond donors (Lipinski definition) is 1. The molecule has 0 aliphatic carbocycles. The van der Waals surface area contributed by atoms with Gasteiger partial charge in [-0.3, -0.25) is 4.79 Å². The van der Waals surface area contributed by atoms with Gasteiger partial charge in [0.25, 0.3) is 0 Å². The Labute approximate surface area is 174 Å². The van der Waals surface area contributed by atoms with Crippen LogP contribution in [-0.4, -0.2) is 18.7 Å². The number of nitriles is 1. The molecular weight excluding hydrogens is 374 g/mol. The number of benzene rings is 3. The van der Waals surface area contributed by atoms with E-state index in [1.54, 1.807) is 37.4 Å². The van der Waals surface area contributed by atoms with Gasteiger partial charge in [-0.05, 0) is 35.9 Å². The summed E-state index contributed by atoms with van der Waals surface area (Å²) in [4.78, 5) is 17.2. The average molecular weight is 391 g/mol. The fourth-order valence-electron chi connectivity index (χ4n) is 3.16. The summed E-state index contributed by atoms with van der Waals surface area (Å²) in [7, 11) is 1.58. The summed E-state index contributed by atoms with van der Waals surface area (Å²) in [6.45, 7) is 0. The highest BCUT2D eigenvalue weighted by Crippen LogP contribution is 2.35. The zero-order valence-electron chi connectivity index (χ0n) is 16.3. The van der Waals surface area contributed by atoms with E-state index < -0.39 is 0 Å². The maximum absolute atomic E-state index is 12.5. The highest BCUT2D eigenvalue weighted by molar-refractivity contribution is 6.17. The minimum Gasteiger partial charge on any atom is -0.495 e. The maximum Gasteiger partial charge on any atom is 0.230 e. The molecule has 3 aromatic carbocycles. The molecule has 144 valence electrons. The Morgan fingerprint density at radius 3 is 2.57 bits per heavy atom. The van der Waals surface area contributed by atoms with Crippen LogP contribution in [0.4, 0.5) is 11.4 Å². The highest BCUT2D eigenvalue weighted by atomic mass is 16.5. The van der Waals surface area contributed by atoms with E-state index in [1.165, 1.54) is 0 Å². The van der Waals surface area contributed by atoms with Crippen molar-refractivity contribution in [3.8, 4) is 23.7 Å². The number of rotatable bonds is 2. The monoisotopic (exact) mass is 391 g/mol. The Kier molecular flexibility index (Phi) is 5.28. The molecule has 0 saturated heterocycles. The molecular formula is C25H17N3O2. The molecule has 1 heterocycles. The molecule has 0 radical (unpaired) electrons. The second kappa shape index (κ2) is 8.34. The predicted molar refractivity (Wildman–Crippen MR) is 116 cm³/mol. The van der Waals surface area contributed by atoms with E-state index in [1.807, 2.05) is 36.4 Å². The van der Waals surface area contributed by atoms with Gasteiger partial charge in [0, 0.05) is 11.6 Å². The molecule has 1 amide bonds. The van der Waals surface area contributed by atoms with Gasteiger partial charge in [-0.1, -0.05) is 42.2 Å². The van der Waals surface area contributed by atoms with E-state index in [0.717, 1.165) is 11.1 Å². The van der Waals surface area contributed by atoms with Crippen molar-refractivity contribution in [1.82, 2.24) is 0 Å². The van der Waals surface area contributed by atoms with Crippen LogP contribution in [0.5, 0.6) is 5.75 Å². The topological polar surface area (TPSA) is 74.5 Å². The van der Waals surface area contributed by atoms with Crippen molar-refractivity contribution < 1.29 is 9.53 Å². The van der Waals surface area contributed by atoms with Gasteiger partial charge in [0.2, 0.25) is 5.91 Å². The summed E-state index contributed by atoms with van der Waals surface area (Å²) < 4.78 is 5.52. The fourth-order valence-corrected chi connectivity index (χ4v) is 3.16. The van der Waals surface area contributed by atoms with E-state index in [2.05, 4.69) is 23.2 Å². The molecule has 1 N–H and O–H groups in total. The molecule has 0 unspecified atom stereocenters. The van der Waals surface area contributed by atoms with Crippen molar-refractivity contribution in [2.24, 2.45) is 4.99 Å². The minimum absolute atomic E-state index is 0.108. The van der Waals surface area contributed by atoms with E-state index in [0.29, 0.717) is 34.0 Å². The molecule has 30 heavy (non-hydrogen) atoms. The largest absolute Gasteiger partial charge is 0.495 e. The van der Waals surface area contributed by atoms with Crippen molar-refractivity contribution in [2.75, 3.05) is 12.4 Å². The first-order valence-electron chi connectivity index (χ1n) is 9.33. The Morgan fingerprint density at radius 2 is 1.80 bits per heavy atom. The number of fused-ring (bicyclic) bond motifs is 1. The van der Waals surface area contributed by atoms with Crippen LogP contribution in [0.25, 0.3) is 0 Å². The first-order chi connectivity index (χ1) is 14.7. The zero-order valence-corrected chi connectivity index (χ0v) is 16.3. The third kappa shape index (κ3) is 4.06. The van der Waals surface area contributed by atoms with Crippen LogP contribution < -0.4 is 10.1 Å². The molecule has 1 aliphatic heterocycles. The normalized spacial score (nSPS) is 12.3. The van der Waals surface area contributed by atoms with Gasteiger partial charge in [0.1, 0.15) is 5.75 Å². The van der Waals surface area contributed by atoms with Crippen molar-refractivity contribution in [3.05, 3.63) is 89.0 Å². The number of carbonyl (C=O) groups excluding carboxylic acids is 1. The number of ether oxygens (including phenoxy) is 1. The number of aliphatic imine (C=N–C) groups is 1. The number of hydrogen-bond acceptors (Lipinski definition) is 4. The van der Waals surface area contributed by atoms with Crippen LogP contribution in [-0.2, 0) is 4.79 Å². The summed E-state index contributed by atoms with van der Waals surface area (Å²) in [6.07, 6.45) is 0.108. The quantitative estimate of drug-likeness (QED) is 0.657. The van der Waals surface area contributed by atoms with Crippen molar-refractivity contribution in [3.63, 3.8) is 0 Å². The van der Waals surface area contributed by atoms with Crippen LogP contribution in [0.2, 0.25) is 0 Å². The number of carbonyl (C=O) groups is 1. The third-order valence-electron chi connectivity index (χ3n) is 4.62. The van der Waals surface area contributed by atoms with Crippen LogP contribution in [0.3, 0.4) is 0 Å². The van der Waals surface area contributed by atoms with Crippen LogP contribution in [0.1, 0.15) is 28.7 Å². The number of anilines is 1. The lowest BCUT2D eigenvalue weighted by Gasteiger charge is -2.09. The molecule has 0 saturated carbocycles. The molecule has 4 rings (SSSR count). The summed E-state index contributed by atoms with van der Waals surface area (Å²) in [5.74, 6) is 6.61. The maximum atomic E-state index is 12.5. The molecule has 5 nitrogen and oxygen atoms in total. The standard InChI is InChI=1S/C25H17N3O2/c1-30-24-14-23-22(13-20(24)11-10-17-6-3-2-4-7-17)28-25(29)15-21(27-23)19-9-5-8-18(12-19)16-26/h2-9,12-14H,15H2,1H3,(H,28,29). The van der Waals surface area contributed by atoms with E-state index in [-0.39, 0.29) is 12.3 Å². The Morgan fingerprint density at radius 1 is 1.00 bits per heavy atom. The van der Waals surface area contributed by atoms with Crippen LogP contribution in [0.15, 0.2) is 71.7 Å². The molecule has 3 aromatic rings. The Bertz CT molecular complexity index is 1260. The summed E-state index contributed by atoms with van der Waals surface area (Å²) in [5.41, 5.74) is 4.55. The van der Waals surface area contributed by atoms with Crippen LogP contribution >= 0.6 is 0 Å². The van der Waals surface area contributed by atoms with E-state index in [4.69, 9.17) is 15.0 Å². The molecule has 1 aliphatic rings. The molecule has 5 heteroatoms. The zero-order chi connectivity index (χ0) is 20.9. The second-order valence-electron chi connectivity index (χ2n) is 6.66. The smallest absolute Gasteiger partial charge is 0.230 e. The van der Waals surface area contributed by atoms with Crippen molar-refractivity contribution in [1.29, 1.82) is 5.26 Å². The molecule has 0 fully saturated rings. The number of nitrogens with one attached hydrogen (secondary N) is 1. The van der Waals surface area contributed by atoms with Crippen LogP contribution in [0, 0.1) is 23.2 Å². The average Bonchev–Trinajstić information content (AvgIpc) is 2.95. The number of methoxy groups -OCH3 is 1. The van der Waals surface area contributed by atoms with Gasteiger partial charge in [-0.15, -0.1) is 0 Å². The van der Waals surface area contributed by atoms with E-state index >= 15 is 0 Å². The summed E-state index contributed by atoms with van der Waals surface area (Å²) in [5, 5.41) is 12.1. The third-order valence-corrected chi connectivity index (χ3v) is 4.62. The van der Waals surface area contributed by atoms with Gasteiger partial charge in [-0.25, -0.2) is 4.99 Å². The van der Waals surface area contributed by atoms with Gasteiger partial charge in [0.15, 0.2) is 0 Å². The first kappa shape index (κ1) is 19.0. The fraction of sp³-hybridized carbons (Fsp3) is 0.0800. The van der Waals surface area contributed by atoms with Crippen molar-refractivity contribution >= 4 is 23.0 Å². The molecule has 0 atom stereocenters. The first-order valence-corrected chi connectivity index (χ1v) is 9.33. The predicted octanol–water partition coefficient (Wildman–Crippen LogP) is 4.43. The SMILES string of the molecule is COc1cc2c(cc1C#Cc1ccccc1)NC(=O)CC(c1cccc(C#N)c1)=N2. The van der Waals surface area contributed by atoms with E-state index in [9.17, 15) is 4.79 Å². The number of amides is 1. The van der Waals surface area contributed by atoms with Gasteiger partial charge < -0.3 is 10.1 Å². The lowest BCUT2D eigenvalue weighted by molar-refractivity contribution is -0.115. The second-order valence-corrected chi connectivity index (χ2v) is 6.66. The lowest BCUT2D eigenvalue weighted by atomic mass is 10.0. The molecule has 0 bridgehead atoms. The highest BCUT2D eigenvalue weighted by Gasteiger charge is 2.19.